The van der Waals surface area contributed by atoms with Crippen LogP contribution in [0.5, 0.6) is 23.0 Å². The van der Waals surface area contributed by atoms with E-state index in [1.54, 1.807) is 58.6 Å². The number of morpholine rings is 2. The molecule has 0 radical (unpaired) electrons. The molecule has 4 aromatic carbocycles. The van der Waals surface area contributed by atoms with Crippen molar-refractivity contribution in [2.45, 2.75) is 40.3 Å². The zero-order valence-electron chi connectivity index (χ0n) is 37.4. The molecular weight excluding hydrogens is 908 g/mol. The van der Waals surface area contributed by atoms with E-state index < -0.39 is 0 Å². The lowest BCUT2D eigenvalue weighted by Gasteiger charge is -2.28. The van der Waals surface area contributed by atoms with Crippen LogP contribution in [0.4, 0.5) is 0 Å². The minimum absolute atomic E-state index is 0.0568. The standard InChI is InChI=1S/C52H46Cl2N6O8/c1-33-39(31-67-49-21-47(65-29-37-17-35(23-55)25-57-27-37)43(19-45(49)53)51(61)59-9-13-63-14-10-59)5-3-7-41(33)42-8-4-6-40(34(42)2)32-68-50-22-48(66-30-38-18-36(24-56)26-58-28-38)44(20-46(50)54)52(62)60-11-15-64-16-12-60/h3-8,17-22,25-28H,9-16,29-32H2,1-2H3. The molecule has 2 aliphatic heterocycles. The van der Waals surface area contributed by atoms with Gasteiger partial charge in [-0.3, -0.25) is 19.6 Å². The molecule has 0 bridgehead atoms. The Morgan fingerprint density at radius 3 is 1.37 bits per heavy atom. The van der Waals surface area contributed by atoms with Crippen LogP contribution in [0.1, 0.15) is 65.2 Å². The lowest BCUT2D eigenvalue weighted by Crippen LogP contribution is -2.40. The molecule has 0 aliphatic carbocycles. The third-order valence-corrected chi connectivity index (χ3v) is 12.3. The molecule has 346 valence electrons. The van der Waals surface area contributed by atoms with Gasteiger partial charge in [0.1, 0.15) is 61.6 Å². The van der Waals surface area contributed by atoms with Gasteiger partial charge in [-0.25, -0.2) is 0 Å². The van der Waals surface area contributed by atoms with Gasteiger partial charge in [0.2, 0.25) is 0 Å². The first kappa shape index (κ1) is 47.3. The molecule has 0 atom stereocenters. The van der Waals surface area contributed by atoms with Gasteiger partial charge in [-0.1, -0.05) is 59.6 Å². The fraction of sp³-hybridized carbons (Fsp3) is 0.269. The van der Waals surface area contributed by atoms with Crippen molar-refractivity contribution in [1.82, 2.24) is 19.8 Å². The van der Waals surface area contributed by atoms with E-state index in [0.717, 1.165) is 33.4 Å². The number of aromatic nitrogens is 2. The van der Waals surface area contributed by atoms with Gasteiger partial charge in [0, 0.05) is 74.2 Å². The summed E-state index contributed by atoms with van der Waals surface area (Å²) in [5, 5.41) is 19.3. The van der Waals surface area contributed by atoms with Gasteiger partial charge in [0.15, 0.2) is 0 Å². The highest BCUT2D eigenvalue weighted by molar-refractivity contribution is 6.33. The number of nitrogens with zero attached hydrogens (tertiary/aromatic N) is 6. The molecule has 2 saturated heterocycles. The quantitative estimate of drug-likeness (QED) is 0.0959. The van der Waals surface area contributed by atoms with Crippen molar-refractivity contribution in [2.75, 3.05) is 52.6 Å². The third kappa shape index (κ3) is 11.1. The van der Waals surface area contributed by atoms with Crippen molar-refractivity contribution in [3.63, 3.8) is 0 Å². The Morgan fingerprint density at radius 1 is 0.574 bits per heavy atom. The minimum Gasteiger partial charge on any atom is -0.488 e. The second-order valence-electron chi connectivity index (χ2n) is 16.1. The highest BCUT2D eigenvalue weighted by Gasteiger charge is 2.26. The monoisotopic (exact) mass is 952 g/mol. The Kier molecular flexibility index (Phi) is 15.3. The number of hydrogen-bond donors (Lipinski definition) is 0. The predicted molar refractivity (Wildman–Crippen MR) is 253 cm³/mol. The van der Waals surface area contributed by atoms with Crippen molar-refractivity contribution in [2.24, 2.45) is 0 Å². The normalized spacial score (nSPS) is 13.6. The summed E-state index contributed by atoms with van der Waals surface area (Å²) in [6.45, 7) is 7.99. The van der Waals surface area contributed by atoms with Crippen molar-refractivity contribution in [3.05, 3.63) is 163 Å². The van der Waals surface area contributed by atoms with Crippen molar-refractivity contribution < 1.29 is 38.0 Å². The maximum atomic E-state index is 13.7. The number of benzene rings is 4. The lowest BCUT2D eigenvalue weighted by atomic mass is 9.92. The molecule has 2 aromatic heterocycles. The summed E-state index contributed by atoms with van der Waals surface area (Å²) in [6, 6.07) is 26.0. The number of hydrogen-bond acceptors (Lipinski definition) is 12. The first-order chi connectivity index (χ1) is 33.1. The van der Waals surface area contributed by atoms with Gasteiger partial charge >= 0.3 is 0 Å². The van der Waals surface area contributed by atoms with E-state index in [1.165, 1.54) is 12.4 Å². The Morgan fingerprint density at radius 2 is 0.971 bits per heavy atom. The summed E-state index contributed by atoms with van der Waals surface area (Å²) in [5.41, 5.74) is 8.48. The number of halogens is 2. The van der Waals surface area contributed by atoms with Crippen LogP contribution >= 0.6 is 23.2 Å². The highest BCUT2D eigenvalue weighted by atomic mass is 35.5. The Labute approximate surface area is 404 Å². The van der Waals surface area contributed by atoms with E-state index in [4.69, 9.17) is 51.6 Å². The summed E-state index contributed by atoms with van der Waals surface area (Å²) >= 11 is 13.7. The number of ether oxygens (including phenoxy) is 6. The second-order valence-corrected chi connectivity index (χ2v) is 16.9. The fourth-order valence-corrected chi connectivity index (χ4v) is 8.33. The van der Waals surface area contributed by atoms with E-state index in [0.29, 0.717) is 86.4 Å². The molecule has 0 unspecified atom stereocenters. The predicted octanol–water partition coefficient (Wildman–Crippen LogP) is 9.07. The van der Waals surface area contributed by atoms with Crippen LogP contribution < -0.4 is 18.9 Å². The summed E-state index contributed by atoms with van der Waals surface area (Å²) in [5.74, 6) is 0.754. The van der Waals surface area contributed by atoms with Crippen LogP contribution in [0.25, 0.3) is 11.1 Å². The first-order valence-electron chi connectivity index (χ1n) is 21.9. The number of rotatable bonds is 15. The van der Waals surface area contributed by atoms with Crippen LogP contribution in [0.15, 0.2) is 97.6 Å². The average Bonchev–Trinajstić information content (AvgIpc) is 3.38. The molecule has 2 fully saturated rings. The van der Waals surface area contributed by atoms with Gasteiger partial charge in [-0.15, -0.1) is 0 Å². The van der Waals surface area contributed by atoms with Crippen LogP contribution in [0.3, 0.4) is 0 Å². The largest absolute Gasteiger partial charge is 0.488 e. The molecule has 4 heterocycles. The second kappa shape index (κ2) is 22.1. The third-order valence-electron chi connectivity index (χ3n) is 11.7. The summed E-state index contributed by atoms with van der Waals surface area (Å²) in [6.07, 6.45) is 6.15. The van der Waals surface area contributed by atoms with E-state index >= 15 is 0 Å². The maximum absolute atomic E-state index is 13.7. The molecule has 0 N–H and O–H groups in total. The minimum atomic E-state index is -0.239. The average molecular weight is 954 g/mol. The number of carbonyl (C=O) groups is 2. The maximum Gasteiger partial charge on any atom is 0.257 e. The molecule has 6 aromatic rings. The zero-order chi connectivity index (χ0) is 47.6. The van der Waals surface area contributed by atoms with Gasteiger partial charge in [0.05, 0.1) is 58.7 Å². The van der Waals surface area contributed by atoms with E-state index in [-0.39, 0.29) is 70.9 Å². The Bertz CT molecular complexity index is 2730. The van der Waals surface area contributed by atoms with Crippen molar-refractivity contribution in [1.29, 1.82) is 10.5 Å². The fourth-order valence-electron chi connectivity index (χ4n) is 7.89. The summed E-state index contributed by atoms with van der Waals surface area (Å²) in [7, 11) is 0. The van der Waals surface area contributed by atoms with Crippen LogP contribution in [-0.4, -0.2) is 84.2 Å². The number of pyridine rings is 2. The molecule has 68 heavy (non-hydrogen) atoms. The van der Waals surface area contributed by atoms with Gasteiger partial charge in [-0.05, 0) is 71.5 Å². The molecule has 16 heteroatoms. The van der Waals surface area contributed by atoms with Crippen LogP contribution in [0, 0.1) is 36.5 Å². The van der Waals surface area contributed by atoms with Gasteiger partial charge in [0.25, 0.3) is 11.8 Å². The van der Waals surface area contributed by atoms with E-state index in [2.05, 4.69) is 34.2 Å². The zero-order valence-corrected chi connectivity index (χ0v) is 38.9. The van der Waals surface area contributed by atoms with Gasteiger partial charge < -0.3 is 38.2 Å². The summed E-state index contributed by atoms with van der Waals surface area (Å²) in [4.78, 5) is 39.2. The topological polar surface area (TPSA) is 169 Å². The van der Waals surface area contributed by atoms with Crippen molar-refractivity contribution >= 4 is 35.0 Å². The Balaban J connectivity index is 1.01. The number of amides is 2. The molecular formula is C52H46Cl2N6O8. The van der Waals surface area contributed by atoms with Gasteiger partial charge in [-0.2, -0.15) is 10.5 Å². The lowest BCUT2D eigenvalue weighted by molar-refractivity contribution is 0.0298. The Hall–Kier alpha value is -7.20. The SMILES string of the molecule is Cc1c(COc2cc(OCc3cncc(C#N)c3)c(C(=O)N3CCOCC3)cc2Cl)cccc1-c1cccc(COc2cc(OCc3cncc(C#N)c3)c(C(=O)N3CCOCC3)cc2Cl)c1C. The molecule has 2 amide bonds. The smallest absolute Gasteiger partial charge is 0.257 e. The molecule has 14 nitrogen and oxygen atoms in total. The van der Waals surface area contributed by atoms with Crippen LogP contribution in [0.2, 0.25) is 10.0 Å². The number of carbonyl (C=O) groups excluding carboxylic acids is 2. The summed E-state index contributed by atoms with van der Waals surface area (Å²) < 4.78 is 36.1. The molecule has 0 saturated carbocycles. The van der Waals surface area contributed by atoms with Crippen LogP contribution in [-0.2, 0) is 35.9 Å². The first-order valence-corrected chi connectivity index (χ1v) is 22.6. The number of nitriles is 2. The van der Waals surface area contributed by atoms with E-state index in [9.17, 15) is 20.1 Å². The molecule has 0 spiro atoms. The highest BCUT2D eigenvalue weighted by Crippen LogP contribution is 2.38. The van der Waals surface area contributed by atoms with E-state index in [1.807, 2.05) is 38.1 Å². The molecule has 8 rings (SSSR count). The molecule has 2 aliphatic rings. The van der Waals surface area contributed by atoms with Crippen molar-refractivity contribution in [3.8, 4) is 46.3 Å².